The fraction of sp³-hybridized carbons (Fsp3) is 0.130. The monoisotopic (exact) mass is 494 g/mol. The predicted octanol–water partition coefficient (Wildman–Crippen LogP) is 3.28. The van der Waals surface area contributed by atoms with Gasteiger partial charge in [-0.05, 0) is 46.3 Å². The third-order valence-electron chi connectivity index (χ3n) is 4.90. The van der Waals surface area contributed by atoms with Gasteiger partial charge in [0.25, 0.3) is 10.0 Å². The molecule has 1 aromatic heterocycles. The first-order chi connectivity index (χ1) is 16.4. The van der Waals surface area contributed by atoms with E-state index in [-0.39, 0.29) is 16.6 Å². The molecule has 0 atom stereocenters. The topological polar surface area (TPSA) is 110 Å². The summed E-state index contributed by atoms with van der Waals surface area (Å²) < 4.78 is 28.9. The Morgan fingerprint density at radius 3 is 2.44 bits per heavy atom. The zero-order chi connectivity index (χ0) is 24.0. The van der Waals surface area contributed by atoms with Crippen LogP contribution in [0.2, 0.25) is 0 Å². The van der Waals surface area contributed by atoms with Gasteiger partial charge in [0.2, 0.25) is 11.1 Å². The molecule has 0 unspecified atom stereocenters. The van der Waals surface area contributed by atoms with Crippen molar-refractivity contribution in [2.24, 2.45) is 0 Å². The number of nitrogens with one attached hydrogen (secondary N) is 1. The number of anilines is 2. The number of sulfonamides is 1. The Balaban J connectivity index is 1.39. The van der Waals surface area contributed by atoms with Crippen molar-refractivity contribution in [3.8, 4) is 0 Å². The number of rotatable bonds is 9. The molecule has 0 aliphatic heterocycles. The average molecular weight is 495 g/mol. The molecule has 4 rings (SSSR count). The van der Waals surface area contributed by atoms with Crippen LogP contribution in [0.25, 0.3) is 0 Å². The van der Waals surface area contributed by atoms with Gasteiger partial charge in [-0.3, -0.25) is 9.10 Å². The third-order valence-corrected chi connectivity index (χ3v) is 7.64. The van der Waals surface area contributed by atoms with Crippen molar-refractivity contribution >= 4 is 39.1 Å². The second-order valence-corrected chi connectivity index (χ2v) is 10.2. The smallest absolute Gasteiger partial charge is 0.264 e. The van der Waals surface area contributed by atoms with Gasteiger partial charge in [0.1, 0.15) is 0 Å². The van der Waals surface area contributed by atoms with E-state index in [4.69, 9.17) is 0 Å². The molecule has 34 heavy (non-hydrogen) atoms. The van der Waals surface area contributed by atoms with Crippen molar-refractivity contribution in [3.05, 3.63) is 90.5 Å². The van der Waals surface area contributed by atoms with Crippen molar-refractivity contribution in [2.75, 3.05) is 22.4 Å². The standard InChI is InChI=1S/C23H22N6O3S2/c1-28(20-12-6-3-7-13-20)34(31,32)21-14-8-11-19(15-21)24-22(30)17-33-23-25-26-27-29(23)16-18-9-4-2-5-10-18/h2-15H,16-17H2,1H3,(H,24,30). The molecule has 0 saturated carbocycles. The highest BCUT2D eigenvalue weighted by atomic mass is 32.2. The largest absolute Gasteiger partial charge is 0.325 e. The minimum Gasteiger partial charge on any atom is -0.325 e. The molecule has 9 nitrogen and oxygen atoms in total. The number of amides is 1. The van der Waals surface area contributed by atoms with E-state index in [1.165, 1.54) is 35.2 Å². The zero-order valence-corrected chi connectivity index (χ0v) is 19.9. The Hall–Kier alpha value is -3.70. The van der Waals surface area contributed by atoms with Crippen LogP contribution in [0.1, 0.15) is 5.56 Å². The number of hydrogen-bond acceptors (Lipinski definition) is 7. The fourth-order valence-electron chi connectivity index (χ4n) is 3.15. The molecule has 1 N–H and O–H groups in total. The van der Waals surface area contributed by atoms with E-state index in [1.54, 1.807) is 41.1 Å². The maximum absolute atomic E-state index is 13.0. The number of carbonyl (C=O) groups excluding carboxylic acids is 1. The normalized spacial score (nSPS) is 11.2. The number of thioether (sulfide) groups is 1. The van der Waals surface area contributed by atoms with Gasteiger partial charge in [0.15, 0.2) is 0 Å². The first kappa shape index (κ1) is 23.5. The molecule has 0 radical (unpaired) electrons. The Kier molecular flexibility index (Phi) is 7.24. The maximum Gasteiger partial charge on any atom is 0.264 e. The van der Waals surface area contributed by atoms with Crippen LogP contribution in [0.15, 0.2) is 95.0 Å². The Morgan fingerprint density at radius 2 is 1.71 bits per heavy atom. The third kappa shape index (κ3) is 5.61. The first-order valence-electron chi connectivity index (χ1n) is 10.3. The van der Waals surface area contributed by atoms with Crippen LogP contribution in [-0.2, 0) is 21.4 Å². The van der Waals surface area contributed by atoms with Crippen LogP contribution in [-0.4, -0.2) is 47.3 Å². The van der Waals surface area contributed by atoms with Crippen LogP contribution >= 0.6 is 11.8 Å². The summed E-state index contributed by atoms with van der Waals surface area (Å²) in [5, 5.41) is 14.9. The van der Waals surface area contributed by atoms with Crippen molar-refractivity contribution < 1.29 is 13.2 Å². The summed E-state index contributed by atoms with van der Waals surface area (Å²) in [6.45, 7) is 0.493. The minimum atomic E-state index is -3.79. The lowest BCUT2D eigenvalue weighted by molar-refractivity contribution is -0.113. The van der Waals surface area contributed by atoms with E-state index in [0.29, 0.717) is 23.1 Å². The number of hydrogen-bond donors (Lipinski definition) is 1. The van der Waals surface area contributed by atoms with Gasteiger partial charge in [-0.2, -0.15) is 0 Å². The highest BCUT2D eigenvalue weighted by molar-refractivity contribution is 7.99. The first-order valence-corrected chi connectivity index (χ1v) is 12.7. The summed E-state index contributed by atoms with van der Waals surface area (Å²) in [7, 11) is -2.29. The lowest BCUT2D eigenvalue weighted by Crippen LogP contribution is -2.26. The molecule has 1 amide bonds. The SMILES string of the molecule is CN(c1ccccc1)S(=O)(=O)c1cccc(NC(=O)CSc2nnnn2Cc2ccccc2)c1. The molecule has 0 bridgehead atoms. The van der Waals surface area contributed by atoms with E-state index >= 15 is 0 Å². The summed E-state index contributed by atoms with van der Waals surface area (Å²) in [5.74, 6) is -0.235. The van der Waals surface area contributed by atoms with Crippen LogP contribution in [0.3, 0.4) is 0 Å². The highest BCUT2D eigenvalue weighted by Crippen LogP contribution is 2.24. The molecule has 3 aromatic carbocycles. The molecule has 1 heterocycles. The minimum absolute atomic E-state index is 0.0655. The highest BCUT2D eigenvalue weighted by Gasteiger charge is 2.21. The van der Waals surface area contributed by atoms with E-state index in [1.807, 2.05) is 36.4 Å². The van der Waals surface area contributed by atoms with Crippen LogP contribution < -0.4 is 9.62 Å². The summed E-state index contributed by atoms with van der Waals surface area (Å²) >= 11 is 1.20. The van der Waals surface area contributed by atoms with E-state index < -0.39 is 10.0 Å². The number of benzene rings is 3. The molecular weight excluding hydrogens is 472 g/mol. The Bertz CT molecular complexity index is 1360. The molecule has 174 valence electrons. The molecule has 11 heteroatoms. The van der Waals surface area contributed by atoms with Crippen molar-refractivity contribution in [3.63, 3.8) is 0 Å². The second-order valence-electron chi connectivity index (χ2n) is 7.28. The van der Waals surface area contributed by atoms with E-state index in [9.17, 15) is 13.2 Å². The van der Waals surface area contributed by atoms with Gasteiger partial charge in [-0.25, -0.2) is 13.1 Å². The summed E-state index contributed by atoms with van der Waals surface area (Å²) in [6, 6.07) is 24.7. The molecule has 0 fully saturated rings. The number of tetrazole rings is 1. The molecule has 0 aliphatic carbocycles. The van der Waals surface area contributed by atoms with E-state index in [2.05, 4.69) is 20.8 Å². The number of aromatic nitrogens is 4. The van der Waals surface area contributed by atoms with Crippen molar-refractivity contribution in [1.29, 1.82) is 0 Å². The van der Waals surface area contributed by atoms with Crippen LogP contribution in [0, 0.1) is 0 Å². The molecule has 0 spiro atoms. The second kappa shape index (κ2) is 10.5. The lowest BCUT2D eigenvalue weighted by atomic mass is 10.2. The predicted molar refractivity (Wildman–Crippen MR) is 131 cm³/mol. The molecule has 0 saturated heterocycles. The van der Waals surface area contributed by atoms with Gasteiger partial charge in [0.05, 0.1) is 22.9 Å². The van der Waals surface area contributed by atoms with Gasteiger partial charge in [0, 0.05) is 12.7 Å². The summed E-state index contributed by atoms with van der Waals surface area (Å²) in [4.78, 5) is 12.6. The summed E-state index contributed by atoms with van der Waals surface area (Å²) in [5.41, 5.74) is 1.97. The zero-order valence-electron chi connectivity index (χ0n) is 18.3. The quantitative estimate of drug-likeness (QED) is 0.356. The number of carbonyl (C=O) groups is 1. The lowest BCUT2D eigenvalue weighted by Gasteiger charge is -2.19. The van der Waals surface area contributed by atoms with Gasteiger partial charge >= 0.3 is 0 Å². The van der Waals surface area contributed by atoms with Crippen LogP contribution in [0.5, 0.6) is 0 Å². The number of nitrogens with zero attached hydrogens (tertiary/aromatic N) is 5. The molecule has 4 aromatic rings. The van der Waals surface area contributed by atoms with Gasteiger partial charge in [-0.15, -0.1) is 5.10 Å². The van der Waals surface area contributed by atoms with Crippen LogP contribution in [0.4, 0.5) is 11.4 Å². The molecule has 0 aliphatic rings. The van der Waals surface area contributed by atoms with Gasteiger partial charge < -0.3 is 5.32 Å². The van der Waals surface area contributed by atoms with Crippen molar-refractivity contribution in [2.45, 2.75) is 16.6 Å². The van der Waals surface area contributed by atoms with Crippen molar-refractivity contribution in [1.82, 2.24) is 20.2 Å². The fourth-order valence-corrected chi connectivity index (χ4v) is 5.07. The van der Waals surface area contributed by atoms with E-state index in [0.717, 1.165) is 5.56 Å². The number of para-hydroxylation sites is 1. The Labute approximate surface area is 201 Å². The maximum atomic E-state index is 13.0. The van der Waals surface area contributed by atoms with Gasteiger partial charge in [-0.1, -0.05) is 66.4 Å². The average Bonchev–Trinajstić information content (AvgIpc) is 3.30. The summed E-state index contributed by atoms with van der Waals surface area (Å²) in [6.07, 6.45) is 0. The Morgan fingerprint density at radius 1 is 1.00 bits per heavy atom. The molecular formula is C23H22N6O3S2.